The quantitative estimate of drug-likeness (QED) is 0.851. The van der Waals surface area contributed by atoms with E-state index in [1.54, 1.807) is 12.1 Å². The zero-order chi connectivity index (χ0) is 15.3. The Morgan fingerprint density at radius 1 is 1.38 bits per heavy atom. The van der Waals surface area contributed by atoms with Crippen LogP contribution in [0, 0.1) is 0 Å². The van der Waals surface area contributed by atoms with Gasteiger partial charge >= 0.3 is 6.18 Å². The first-order chi connectivity index (χ1) is 9.96. The molecule has 10 heteroatoms. The molecule has 0 aromatic carbocycles. The maximum absolute atomic E-state index is 12.0. The smallest absolute Gasteiger partial charge is 0.322 e. The predicted octanol–water partition coefficient (Wildman–Crippen LogP) is 0.753. The number of carbonyl (C=O) groups excluding carboxylic acids is 1. The molecule has 0 aliphatic carbocycles. The van der Waals surface area contributed by atoms with Crippen LogP contribution in [0.1, 0.15) is 0 Å². The Morgan fingerprint density at radius 2 is 2.19 bits per heavy atom. The number of rotatable bonds is 5. The maximum Gasteiger partial charge on any atom is 0.401 e. The van der Waals surface area contributed by atoms with Gasteiger partial charge in [-0.15, -0.1) is 0 Å². The van der Waals surface area contributed by atoms with Crippen molar-refractivity contribution >= 4 is 11.6 Å². The normalized spacial score (nSPS) is 11.4. The van der Waals surface area contributed by atoms with Crippen molar-refractivity contribution in [3.8, 4) is 5.82 Å². The second kappa shape index (κ2) is 6.31. The Labute approximate surface area is 117 Å². The van der Waals surface area contributed by atoms with E-state index in [4.69, 9.17) is 0 Å². The molecule has 0 saturated heterocycles. The van der Waals surface area contributed by atoms with Gasteiger partial charge in [0.25, 0.3) is 0 Å². The number of alkyl halides is 3. The molecule has 1 amide bonds. The van der Waals surface area contributed by atoms with Crippen molar-refractivity contribution in [1.82, 2.24) is 25.1 Å². The molecule has 0 atom stereocenters. The summed E-state index contributed by atoms with van der Waals surface area (Å²) in [5.41, 5.74) is 0.321. The lowest BCUT2D eigenvalue weighted by atomic mass is 10.3. The van der Waals surface area contributed by atoms with Crippen LogP contribution in [0.25, 0.3) is 5.82 Å². The van der Waals surface area contributed by atoms with Crippen LogP contribution in [0.2, 0.25) is 0 Å². The van der Waals surface area contributed by atoms with Crippen molar-refractivity contribution in [2.75, 3.05) is 18.4 Å². The summed E-state index contributed by atoms with van der Waals surface area (Å²) < 4.78 is 37.2. The van der Waals surface area contributed by atoms with Gasteiger partial charge in [-0.25, -0.2) is 14.6 Å². The zero-order valence-corrected chi connectivity index (χ0v) is 10.6. The number of halogens is 3. The van der Waals surface area contributed by atoms with E-state index in [-0.39, 0.29) is 0 Å². The summed E-state index contributed by atoms with van der Waals surface area (Å²) in [7, 11) is 0. The number of carbonyl (C=O) groups is 1. The van der Waals surface area contributed by atoms with Gasteiger partial charge in [0.05, 0.1) is 18.8 Å². The summed E-state index contributed by atoms with van der Waals surface area (Å²) in [5.74, 6) is -0.298. The first-order valence-electron chi connectivity index (χ1n) is 5.83. The summed E-state index contributed by atoms with van der Waals surface area (Å²) in [6, 6.07) is 3.14. The van der Waals surface area contributed by atoms with Crippen molar-refractivity contribution in [2.24, 2.45) is 0 Å². The largest absolute Gasteiger partial charge is 0.401 e. The van der Waals surface area contributed by atoms with Crippen molar-refractivity contribution < 1.29 is 18.0 Å². The van der Waals surface area contributed by atoms with Crippen molar-refractivity contribution in [2.45, 2.75) is 6.18 Å². The van der Waals surface area contributed by atoms with Crippen molar-refractivity contribution in [3.63, 3.8) is 0 Å². The molecule has 0 bridgehead atoms. The SMILES string of the molecule is O=C(CNCC(F)(F)F)Nc1cccnc1-n1cncn1. The highest BCUT2D eigenvalue weighted by Crippen LogP contribution is 2.15. The standard InChI is InChI=1S/C11H11F3N6O/c12-11(13,14)5-15-4-9(21)19-8-2-1-3-17-10(8)20-7-16-6-18-20/h1-3,6-7,15H,4-5H2,(H,19,21). The molecule has 112 valence electrons. The predicted molar refractivity (Wildman–Crippen MR) is 66.7 cm³/mol. The lowest BCUT2D eigenvalue weighted by molar-refractivity contribution is -0.126. The van der Waals surface area contributed by atoms with Gasteiger partial charge in [-0.3, -0.25) is 4.79 Å². The molecule has 2 rings (SSSR count). The molecule has 0 aliphatic rings. The Kier molecular flexibility index (Phi) is 4.48. The van der Waals surface area contributed by atoms with Crippen molar-refractivity contribution in [3.05, 3.63) is 31.0 Å². The van der Waals surface area contributed by atoms with Gasteiger partial charge in [0.15, 0.2) is 5.82 Å². The fourth-order valence-electron chi connectivity index (χ4n) is 1.51. The molecule has 0 radical (unpaired) electrons. The molecule has 7 nitrogen and oxygen atoms in total. The summed E-state index contributed by atoms with van der Waals surface area (Å²) in [6.45, 7) is -1.70. The fraction of sp³-hybridized carbons (Fsp3) is 0.273. The highest BCUT2D eigenvalue weighted by atomic mass is 19.4. The number of nitrogens with zero attached hydrogens (tertiary/aromatic N) is 4. The van der Waals surface area contributed by atoms with Gasteiger partial charge < -0.3 is 10.6 Å². The monoisotopic (exact) mass is 300 g/mol. The summed E-state index contributed by atoms with van der Waals surface area (Å²) >= 11 is 0. The first-order valence-corrected chi connectivity index (χ1v) is 5.83. The summed E-state index contributed by atoms with van der Waals surface area (Å²) in [4.78, 5) is 19.4. The number of amides is 1. The third kappa shape index (κ3) is 4.53. The van der Waals surface area contributed by atoms with Gasteiger partial charge in [-0.2, -0.15) is 18.3 Å². The molecule has 0 saturated carbocycles. The molecule has 0 unspecified atom stereocenters. The van der Waals surface area contributed by atoms with E-state index >= 15 is 0 Å². The second-order valence-electron chi connectivity index (χ2n) is 3.98. The van der Waals surface area contributed by atoms with Crippen LogP contribution < -0.4 is 10.6 Å². The Hall–Kier alpha value is -2.49. The summed E-state index contributed by atoms with van der Waals surface area (Å²) in [6.07, 6.45) is -0.180. The fourth-order valence-corrected chi connectivity index (χ4v) is 1.51. The highest BCUT2D eigenvalue weighted by molar-refractivity contribution is 5.93. The number of nitrogens with one attached hydrogen (secondary N) is 2. The van der Waals surface area contributed by atoms with Gasteiger partial charge in [0, 0.05) is 6.20 Å². The van der Waals surface area contributed by atoms with Crippen LogP contribution in [0.4, 0.5) is 18.9 Å². The Morgan fingerprint density at radius 3 is 2.86 bits per heavy atom. The highest BCUT2D eigenvalue weighted by Gasteiger charge is 2.26. The van der Waals surface area contributed by atoms with E-state index in [2.05, 4.69) is 20.4 Å². The van der Waals surface area contributed by atoms with E-state index in [0.29, 0.717) is 11.5 Å². The Bertz CT molecular complexity index is 598. The molecular weight excluding hydrogens is 289 g/mol. The van der Waals surface area contributed by atoms with Crippen LogP contribution in [-0.2, 0) is 4.79 Å². The van der Waals surface area contributed by atoms with Crippen LogP contribution in [0.5, 0.6) is 0 Å². The van der Waals surface area contributed by atoms with E-state index in [9.17, 15) is 18.0 Å². The van der Waals surface area contributed by atoms with Crippen molar-refractivity contribution in [1.29, 1.82) is 0 Å². The number of aromatic nitrogens is 4. The second-order valence-corrected chi connectivity index (χ2v) is 3.98. The molecule has 0 aliphatic heterocycles. The van der Waals surface area contributed by atoms with Gasteiger partial charge in [0.2, 0.25) is 5.91 Å². The molecule has 2 aromatic rings. The minimum atomic E-state index is -4.36. The van der Waals surface area contributed by atoms with E-state index < -0.39 is 25.2 Å². The van der Waals surface area contributed by atoms with Crippen LogP contribution in [-0.4, -0.2) is 44.9 Å². The van der Waals surface area contributed by atoms with E-state index in [1.807, 2.05) is 5.32 Å². The number of hydrogen-bond acceptors (Lipinski definition) is 5. The molecule has 2 N–H and O–H groups in total. The molecule has 0 spiro atoms. The molecule has 0 fully saturated rings. The third-order valence-corrected chi connectivity index (χ3v) is 2.31. The summed E-state index contributed by atoms with van der Waals surface area (Å²) in [5, 5.41) is 8.35. The Balaban J connectivity index is 1.99. The molecule has 21 heavy (non-hydrogen) atoms. The lowest BCUT2D eigenvalue weighted by Gasteiger charge is -2.11. The van der Waals surface area contributed by atoms with Crippen LogP contribution in [0.3, 0.4) is 0 Å². The third-order valence-electron chi connectivity index (χ3n) is 2.31. The molecule has 2 aromatic heterocycles. The lowest BCUT2D eigenvalue weighted by Crippen LogP contribution is -2.35. The maximum atomic E-state index is 12.0. The van der Waals surface area contributed by atoms with E-state index in [1.165, 1.54) is 23.5 Å². The topological polar surface area (TPSA) is 84.7 Å². The minimum Gasteiger partial charge on any atom is -0.322 e. The average Bonchev–Trinajstić information content (AvgIpc) is 2.91. The number of anilines is 1. The molecular formula is C11H11F3N6O. The number of pyridine rings is 1. The minimum absolute atomic E-state index is 0.319. The van der Waals surface area contributed by atoms with Gasteiger partial charge in [-0.05, 0) is 12.1 Å². The average molecular weight is 300 g/mol. The van der Waals surface area contributed by atoms with Gasteiger partial charge in [0.1, 0.15) is 12.7 Å². The molecule has 2 heterocycles. The first kappa shape index (κ1) is 14.9. The number of hydrogen-bond donors (Lipinski definition) is 2. The van der Waals surface area contributed by atoms with E-state index in [0.717, 1.165) is 0 Å². The zero-order valence-electron chi connectivity index (χ0n) is 10.6. The van der Waals surface area contributed by atoms with Crippen LogP contribution in [0.15, 0.2) is 31.0 Å². The van der Waals surface area contributed by atoms with Gasteiger partial charge in [-0.1, -0.05) is 0 Å². The van der Waals surface area contributed by atoms with Crippen LogP contribution >= 0.6 is 0 Å².